The van der Waals surface area contributed by atoms with Crippen molar-refractivity contribution in [3.05, 3.63) is 47.0 Å². The van der Waals surface area contributed by atoms with Crippen LogP contribution in [0, 0.1) is 11.3 Å². The van der Waals surface area contributed by atoms with Crippen LogP contribution < -0.4 is 10.1 Å². The quantitative estimate of drug-likeness (QED) is 0.355. The zero-order chi connectivity index (χ0) is 21.6. The summed E-state index contributed by atoms with van der Waals surface area (Å²) in [6.45, 7) is 3.86. The highest BCUT2D eigenvalue weighted by atomic mass is 35.5. The van der Waals surface area contributed by atoms with Gasteiger partial charge in [-0.1, -0.05) is 11.6 Å². The highest BCUT2D eigenvalue weighted by Crippen LogP contribution is 2.24. The maximum absolute atomic E-state index is 9.10. The van der Waals surface area contributed by atoms with Gasteiger partial charge in [0.15, 0.2) is 0 Å². The molecule has 2 aromatic rings. The fraction of sp³-hybridized carbons (Fsp3) is 0.368. The van der Waals surface area contributed by atoms with E-state index in [4.69, 9.17) is 41.4 Å². The molecule has 29 heavy (non-hydrogen) atoms. The molecule has 0 bridgehead atoms. The van der Waals surface area contributed by atoms with Gasteiger partial charge in [0, 0.05) is 35.9 Å². The predicted octanol–water partition coefficient (Wildman–Crippen LogP) is 2.47. The molecule has 10 heteroatoms. The topological polar surface area (TPSA) is 148 Å². The molecule has 0 radical (unpaired) electrons. The fourth-order valence-corrected chi connectivity index (χ4v) is 2.41. The number of nitriles is 1. The van der Waals surface area contributed by atoms with E-state index in [9.17, 15) is 0 Å². The first-order chi connectivity index (χ1) is 13.8. The highest BCUT2D eigenvalue weighted by Gasteiger charge is 2.09. The van der Waals surface area contributed by atoms with E-state index in [0.717, 1.165) is 38.0 Å². The smallest absolute Gasteiger partial charge is 0.414 e. The van der Waals surface area contributed by atoms with E-state index >= 15 is 0 Å². The Kier molecular flexibility index (Phi) is 10.9. The Labute approximate surface area is 173 Å². The number of aliphatic carboxylic acids is 2. The van der Waals surface area contributed by atoms with Gasteiger partial charge >= 0.3 is 11.9 Å². The van der Waals surface area contributed by atoms with Crippen LogP contribution >= 0.6 is 11.6 Å². The first-order valence-corrected chi connectivity index (χ1v) is 9.21. The molecular weight excluding hydrogens is 400 g/mol. The van der Waals surface area contributed by atoms with Crippen molar-refractivity contribution >= 4 is 23.5 Å². The standard InChI is InChI=1S/C17H21ClN4O.C2H2O4/c1-13(23-17-9-15(18)5-4-14(17)10-19)3-2-7-20-8-6-16-11-21-12-22-16;3-1(4)2(5)6/h4-5,9,11-13,20H,2-3,6-8H2,1H3,(H,21,22);(H,3,4)(H,5,6)/t13-;/m1./s1. The lowest BCUT2D eigenvalue weighted by molar-refractivity contribution is -0.159. The second-order valence-electron chi connectivity index (χ2n) is 6.01. The monoisotopic (exact) mass is 422 g/mol. The second-order valence-corrected chi connectivity index (χ2v) is 6.45. The van der Waals surface area contributed by atoms with Gasteiger partial charge in [0.05, 0.1) is 18.0 Å². The number of imidazole rings is 1. The zero-order valence-electron chi connectivity index (χ0n) is 15.9. The first kappa shape index (κ1) is 23.9. The van der Waals surface area contributed by atoms with E-state index < -0.39 is 11.9 Å². The third-order valence-corrected chi connectivity index (χ3v) is 3.90. The maximum atomic E-state index is 9.10. The van der Waals surface area contributed by atoms with Crippen molar-refractivity contribution < 1.29 is 24.5 Å². The number of aromatic nitrogens is 2. The minimum absolute atomic E-state index is 0.0370. The van der Waals surface area contributed by atoms with Gasteiger partial charge in [0.2, 0.25) is 0 Å². The summed E-state index contributed by atoms with van der Waals surface area (Å²) in [5, 5.41) is 27.8. The normalized spacial score (nSPS) is 10.9. The second kappa shape index (κ2) is 13.1. The van der Waals surface area contributed by atoms with Gasteiger partial charge in [-0.3, -0.25) is 0 Å². The number of nitrogens with zero attached hydrogens (tertiary/aromatic N) is 2. The Morgan fingerprint density at radius 1 is 1.34 bits per heavy atom. The minimum atomic E-state index is -1.82. The number of hydrogen-bond acceptors (Lipinski definition) is 6. The maximum Gasteiger partial charge on any atom is 0.414 e. The van der Waals surface area contributed by atoms with Crippen LogP contribution in [0.2, 0.25) is 5.02 Å². The van der Waals surface area contributed by atoms with E-state index in [1.165, 1.54) is 0 Å². The Bertz CT molecular complexity index is 809. The summed E-state index contributed by atoms with van der Waals surface area (Å²) in [5.74, 6) is -3.09. The summed E-state index contributed by atoms with van der Waals surface area (Å²) in [4.78, 5) is 25.3. The van der Waals surface area contributed by atoms with Crippen LogP contribution in [0.5, 0.6) is 5.75 Å². The molecule has 156 valence electrons. The average molecular weight is 423 g/mol. The van der Waals surface area contributed by atoms with Crippen molar-refractivity contribution in [3.63, 3.8) is 0 Å². The largest absolute Gasteiger partial charge is 0.489 e. The summed E-state index contributed by atoms with van der Waals surface area (Å²) in [6, 6.07) is 7.19. The number of rotatable bonds is 9. The molecule has 4 N–H and O–H groups in total. The van der Waals surface area contributed by atoms with Crippen LogP contribution in [0.4, 0.5) is 0 Å². The van der Waals surface area contributed by atoms with E-state index in [-0.39, 0.29) is 6.10 Å². The lowest BCUT2D eigenvalue weighted by atomic mass is 10.2. The number of ether oxygens (including phenoxy) is 1. The molecule has 0 unspecified atom stereocenters. The molecule has 1 aromatic carbocycles. The van der Waals surface area contributed by atoms with Crippen molar-refractivity contribution in [3.8, 4) is 11.8 Å². The molecule has 1 aromatic heterocycles. The van der Waals surface area contributed by atoms with Crippen LogP contribution in [0.25, 0.3) is 0 Å². The molecule has 9 nitrogen and oxygen atoms in total. The molecular formula is C19H23ClN4O5. The van der Waals surface area contributed by atoms with Crippen molar-refractivity contribution in [2.75, 3.05) is 13.1 Å². The molecule has 0 aliphatic heterocycles. The van der Waals surface area contributed by atoms with Crippen molar-refractivity contribution in [2.45, 2.75) is 32.3 Å². The van der Waals surface area contributed by atoms with Gasteiger partial charge in [-0.15, -0.1) is 0 Å². The Hall–Kier alpha value is -3.09. The number of benzene rings is 1. The van der Waals surface area contributed by atoms with Crippen LogP contribution in [-0.2, 0) is 16.0 Å². The SMILES string of the molecule is C[C@H](CCCNCCc1cnc[nH]1)Oc1cc(Cl)ccc1C#N.O=C(O)C(=O)O. The average Bonchev–Trinajstić information content (AvgIpc) is 3.18. The summed E-state index contributed by atoms with van der Waals surface area (Å²) in [7, 11) is 0. The molecule has 0 spiro atoms. The molecule has 1 atom stereocenters. The molecule has 0 aliphatic rings. The number of nitrogens with one attached hydrogen (secondary N) is 2. The van der Waals surface area contributed by atoms with Crippen LogP contribution in [0.1, 0.15) is 31.0 Å². The van der Waals surface area contributed by atoms with Gasteiger partial charge in [0.25, 0.3) is 0 Å². The summed E-state index contributed by atoms with van der Waals surface area (Å²) in [6.07, 6.45) is 6.44. The Morgan fingerprint density at radius 2 is 2.07 bits per heavy atom. The predicted molar refractivity (Wildman–Crippen MR) is 106 cm³/mol. The van der Waals surface area contributed by atoms with Crippen LogP contribution in [0.3, 0.4) is 0 Å². The Morgan fingerprint density at radius 3 is 2.66 bits per heavy atom. The molecule has 0 amide bonds. The number of carbonyl (C=O) groups is 2. The number of carboxylic acid groups (broad SMARTS) is 2. The van der Waals surface area contributed by atoms with Gasteiger partial charge in [-0.05, 0) is 38.4 Å². The summed E-state index contributed by atoms with van der Waals surface area (Å²) >= 11 is 5.95. The number of hydrogen-bond donors (Lipinski definition) is 4. The zero-order valence-corrected chi connectivity index (χ0v) is 16.6. The molecule has 0 aliphatic carbocycles. The molecule has 0 saturated carbocycles. The minimum Gasteiger partial charge on any atom is -0.489 e. The fourth-order valence-electron chi connectivity index (χ4n) is 2.25. The van der Waals surface area contributed by atoms with Gasteiger partial charge < -0.3 is 25.3 Å². The van der Waals surface area contributed by atoms with E-state index in [1.807, 2.05) is 13.1 Å². The third kappa shape index (κ3) is 10.1. The summed E-state index contributed by atoms with van der Waals surface area (Å²) < 4.78 is 5.83. The van der Waals surface area contributed by atoms with E-state index in [0.29, 0.717) is 16.3 Å². The van der Waals surface area contributed by atoms with Gasteiger partial charge in [0.1, 0.15) is 11.8 Å². The van der Waals surface area contributed by atoms with Crippen molar-refractivity contribution in [1.29, 1.82) is 5.26 Å². The Balaban J connectivity index is 0.000000612. The number of carboxylic acids is 2. The van der Waals surface area contributed by atoms with Crippen LogP contribution in [-0.4, -0.2) is 51.3 Å². The summed E-state index contributed by atoms with van der Waals surface area (Å²) in [5.41, 5.74) is 1.65. The van der Waals surface area contributed by atoms with Crippen LogP contribution in [0.15, 0.2) is 30.7 Å². The van der Waals surface area contributed by atoms with Crippen molar-refractivity contribution in [2.24, 2.45) is 0 Å². The lowest BCUT2D eigenvalue weighted by Gasteiger charge is -2.16. The van der Waals surface area contributed by atoms with E-state index in [2.05, 4.69) is 21.4 Å². The van der Waals surface area contributed by atoms with Crippen molar-refractivity contribution in [1.82, 2.24) is 15.3 Å². The molecule has 0 fully saturated rings. The molecule has 2 rings (SSSR count). The molecule has 0 saturated heterocycles. The highest BCUT2D eigenvalue weighted by molar-refractivity contribution is 6.30. The number of H-pyrrole nitrogens is 1. The number of aromatic amines is 1. The van der Waals surface area contributed by atoms with E-state index in [1.54, 1.807) is 24.5 Å². The molecule has 1 heterocycles. The third-order valence-electron chi connectivity index (χ3n) is 3.67. The van der Waals surface area contributed by atoms with Gasteiger partial charge in [-0.2, -0.15) is 5.26 Å². The van der Waals surface area contributed by atoms with Gasteiger partial charge in [-0.25, -0.2) is 14.6 Å². The first-order valence-electron chi connectivity index (χ1n) is 8.84. The lowest BCUT2D eigenvalue weighted by Crippen LogP contribution is -2.21. The number of halogens is 1.